The molecule has 0 spiro atoms. The zero-order chi connectivity index (χ0) is 27.8. The van der Waals surface area contributed by atoms with Crippen LogP contribution in [0.1, 0.15) is 20.8 Å². The van der Waals surface area contributed by atoms with Crippen molar-refractivity contribution in [3.63, 3.8) is 0 Å². The molecule has 0 saturated carbocycles. The van der Waals surface area contributed by atoms with Gasteiger partial charge < -0.3 is 14.7 Å². The normalized spacial score (nSPS) is 18.5. The molecule has 0 radical (unpaired) electrons. The topological polar surface area (TPSA) is 133 Å². The van der Waals surface area contributed by atoms with Gasteiger partial charge in [0.25, 0.3) is 10.0 Å². The van der Waals surface area contributed by atoms with Gasteiger partial charge in [0.05, 0.1) is 10.6 Å². The highest BCUT2D eigenvalue weighted by Gasteiger charge is 2.56. The van der Waals surface area contributed by atoms with Crippen LogP contribution in [0.15, 0.2) is 57.9 Å². The number of amides is 1. The van der Waals surface area contributed by atoms with Crippen molar-refractivity contribution >= 4 is 61.2 Å². The minimum atomic E-state index is -4.57. The second-order valence-electron chi connectivity index (χ2n) is 9.44. The highest BCUT2D eigenvalue weighted by Crippen LogP contribution is 2.38. The van der Waals surface area contributed by atoms with E-state index in [4.69, 9.17) is 4.74 Å². The molecule has 0 unspecified atom stereocenters. The number of Topliss-reactive ketones (excluding diaryl/α,β-unsaturated/α-hetero) is 1. The van der Waals surface area contributed by atoms with Crippen LogP contribution in [-0.4, -0.2) is 72.6 Å². The van der Waals surface area contributed by atoms with E-state index in [1.54, 1.807) is 0 Å². The Balaban J connectivity index is 2.17. The van der Waals surface area contributed by atoms with Gasteiger partial charge in [0.2, 0.25) is 5.54 Å². The number of carboxylic acids is 1. The number of benzene rings is 2. The molecule has 1 aliphatic heterocycles. The maximum atomic E-state index is 14.0. The van der Waals surface area contributed by atoms with Crippen LogP contribution >= 0.6 is 27.7 Å². The minimum absolute atomic E-state index is 0.0897. The van der Waals surface area contributed by atoms with Crippen LogP contribution < -0.4 is 14.4 Å². The molecule has 2 aromatic carbocycles. The third-order valence-corrected chi connectivity index (χ3v) is 9.67. The number of carbonyl (C=O) groups is 3. The van der Waals surface area contributed by atoms with Crippen LogP contribution in [0.2, 0.25) is 0 Å². The number of carbonyl (C=O) groups excluding carboxylic acids is 2. The maximum absolute atomic E-state index is 14.0. The van der Waals surface area contributed by atoms with Crippen molar-refractivity contribution in [2.45, 2.75) is 42.1 Å². The summed E-state index contributed by atoms with van der Waals surface area (Å²) in [6, 6.07) is 10.9. The first kappa shape index (κ1) is 29.0. The maximum Gasteiger partial charge on any atom is 0.414 e. The lowest BCUT2D eigenvalue weighted by Crippen LogP contribution is -2.64. The van der Waals surface area contributed by atoms with Gasteiger partial charge in [-0.1, -0.05) is 15.9 Å². The van der Waals surface area contributed by atoms with Crippen LogP contribution in [-0.2, 0) is 19.6 Å². The summed E-state index contributed by atoms with van der Waals surface area (Å²) in [5.74, 6) is -1.81. The summed E-state index contributed by atoms with van der Waals surface area (Å²) in [7, 11) is -1.56. The van der Waals surface area contributed by atoms with Crippen molar-refractivity contribution in [2.24, 2.45) is 0 Å². The smallest absolute Gasteiger partial charge is 0.414 e. The average molecular weight is 615 g/mol. The zero-order valence-corrected chi connectivity index (χ0v) is 24.1. The zero-order valence-electron chi connectivity index (χ0n) is 20.9. The van der Waals surface area contributed by atoms with Gasteiger partial charge in [0.1, 0.15) is 11.1 Å². The Kier molecular flexibility index (Phi) is 8.32. The number of halogens is 1. The number of thioether (sulfide) groups is 1. The Bertz CT molecular complexity index is 1300. The molecule has 1 fully saturated rings. The summed E-state index contributed by atoms with van der Waals surface area (Å²) in [5.41, 5.74) is -3.05. The summed E-state index contributed by atoms with van der Waals surface area (Å²) < 4.78 is 34.4. The molecule has 1 amide bonds. The molecule has 0 aliphatic carbocycles. The number of anilines is 1. The Morgan fingerprint density at radius 3 is 2.14 bits per heavy atom. The highest BCUT2D eigenvalue weighted by molar-refractivity contribution is 9.10. The third-order valence-electron chi connectivity index (χ3n) is 5.67. The molecule has 37 heavy (non-hydrogen) atoms. The van der Waals surface area contributed by atoms with Crippen molar-refractivity contribution in [2.75, 3.05) is 24.2 Å². The van der Waals surface area contributed by atoms with Crippen LogP contribution in [0.25, 0.3) is 0 Å². The Hall–Kier alpha value is -2.61. The SMILES string of the molecule is CN(C)C(=O)Oc1ccc(N([C@@](C)(C(=O)O)C(=O)[C@H]2NC(C)(C)CS2)S(=O)(=O)c2ccc(Br)cc2)cc1. The van der Waals surface area contributed by atoms with E-state index in [1.165, 1.54) is 79.3 Å². The molecule has 1 heterocycles. The van der Waals surface area contributed by atoms with Crippen LogP contribution in [0.5, 0.6) is 5.75 Å². The molecule has 2 aromatic rings. The second-order valence-corrected chi connectivity index (χ2v) is 13.2. The highest BCUT2D eigenvalue weighted by atomic mass is 79.9. The molecule has 3 rings (SSSR count). The summed E-state index contributed by atoms with van der Waals surface area (Å²) in [6.07, 6.45) is -0.649. The number of ketones is 1. The number of nitrogens with one attached hydrogen (secondary N) is 1. The Morgan fingerprint density at radius 1 is 1.11 bits per heavy atom. The van der Waals surface area contributed by atoms with E-state index in [2.05, 4.69) is 21.2 Å². The van der Waals surface area contributed by atoms with Crippen molar-refractivity contribution in [3.05, 3.63) is 53.0 Å². The fourth-order valence-corrected chi connectivity index (χ4v) is 7.06. The van der Waals surface area contributed by atoms with E-state index < -0.39 is 44.3 Å². The summed E-state index contributed by atoms with van der Waals surface area (Å²) in [6.45, 7) is 4.83. The number of ether oxygens (including phenoxy) is 1. The molecule has 0 aromatic heterocycles. The first-order valence-electron chi connectivity index (χ1n) is 11.1. The molecule has 1 aliphatic rings. The van der Waals surface area contributed by atoms with Gasteiger partial charge in [0.15, 0.2) is 5.78 Å². The summed E-state index contributed by atoms with van der Waals surface area (Å²) in [5, 5.41) is 12.5. The van der Waals surface area contributed by atoms with Gasteiger partial charge >= 0.3 is 12.1 Å². The van der Waals surface area contributed by atoms with Crippen molar-refractivity contribution < 1.29 is 32.6 Å². The predicted molar refractivity (Wildman–Crippen MR) is 144 cm³/mol. The number of aliphatic carboxylic acids is 1. The number of rotatable bonds is 8. The van der Waals surface area contributed by atoms with Crippen molar-refractivity contribution in [1.82, 2.24) is 10.2 Å². The lowest BCUT2D eigenvalue weighted by Gasteiger charge is -2.38. The molecule has 10 nitrogen and oxygen atoms in total. The molecule has 13 heteroatoms. The fraction of sp³-hybridized carbons (Fsp3) is 0.375. The van der Waals surface area contributed by atoms with E-state index in [0.29, 0.717) is 14.5 Å². The van der Waals surface area contributed by atoms with Gasteiger partial charge in [-0.2, -0.15) is 0 Å². The lowest BCUT2D eigenvalue weighted by atomic mass is 9.94. The number of hydrogen-bond acceptors (Lipinski definition) is 8. The number of carboxylic acid groups (broad SMARTS) is 1. The molecular weight excluding hydrogens is 586 g/mol. The summed E-state index contributed by atoms with van der Waals surface area (Å²) in [4.78, 5) is 39.5. The fourth-order valence-electron chi connectivity index (χ4n) is 3.61. The molecule has 1 saturated heterocycles. The average Bonchev–Trinajstić information content (AvgIpc) is 3.19. The Labute approximate surface area is 228 Å². The van der Waals surface area contributed by atoms with E-state index in [-0.39, 0.29) is 16.3 Å². The van der Waals surface area contributed by atoms with Crippen LogP contribution in [0, 0.1) is 0 Å². The predicted octanol–water partition coefficient (Wildman–Crippen LogP) is 3.56. The first-order chi connectivity index (χ1) is 17.1. The van der Waals surface area contributed by atoms with Gasteiger partial charge in [-0.3, -0.25) is 10.1 Å². The Morgan fingerprint density at radius 2 is 1.68 bits per heavy atom. The largest absolute Gasteiger partial charge is 0.479 e. The molecule has 200 valence electrons. The van der Waals surface area contributed by atoms with Gasteiger partial charge in [-0.25, -0.2) is 22.3 Å². The van der Waals surface area contributed by atoms with Crippen LogP contribution in [0.3, 0.4) is 0 Å². The first-order valence-corrected chi connectivity index (χ1v) is 14.3. The molecule has 2 atom stereocenters. The number of nitrogens with zero attached hydrogens (tertiary/aromatic N) is 2. The number of sulfonamides is 1. The van der Waals surface area contributed by atoms with Gasteiger partial charge in [-0.05, 0) is 69.3 Å². The molecule has 0 bridgehead atoms. The molecular formula is C24H28BrN3O7S2. The molecule has 2 N–H and O–H groups in total. The lowest BCUT2D eigenvalue weighted by molar-refractivity contribution is -0.147. The van der Waals surface area contributed by atoms with E-state index >= 15 is 0 Å². The third kappa shape index (κ3) is 5.95. The van der Waals surface area contributed by atoms with Crippen molar-refractivity contribution in [1.29, 1.82) is 0 Å². The van der Waals surface area contributed by atoms with E-state index in [0.717, 1.165) is 6.92 Å². The quantitative estimate of drug-likeness (QED) is 0.429. The van der Waals surface area contributed by atoms with E-state index in [1.807, 2.05) is 13.8 Å². The van der Waals surface area contributed by atoms with Crippen molar-refractivity contribution in [3.8, 4) is 5.75 Å². The minimum Gasteiger partial charge on any atom is -0.479 e. The second kappa shape index (κ2) is 10.6. The van der Waals surface area contributed by atoms with E-state index in [9.17, 15) is 27.9 Å². The monoisotopic (exact) mass is 613 g/mol. The van der Waals surface area contributed by atoms with Crippen LogP contribution in [0.4, 0.5) is 10.5 Å². The number of hydrogen-bond donors (Lipinski definition) is 2. The standard InChI is InChI=1S/C24H28BrN3O7S2/c1-23(2)14-36-20(26-23)19(29)24(3,21(30)31)28(37(33,34)18-12-6-15(25)7-13-18)16-8-10-17(11-9-16)35-22(32)27(4)5/h6-13,20,26H,14H2,1-5H3,(H,30,31)/t20-,24+/m0/s1. The van der Waals surface area contributed by atoms with Gasteiger partial charge in [-0.15, -0.1) is 11.8 Å². The van der Waals surface area contributed by atoms with Gasteiger partial charge in [0, 0.05) is 29.9 Å². The summed E-state index contributed by atoms with van der Waals surface area (Å²) >= 11 is 4.48.